The second-order valence-corrected chi connectivity index (χ2v) is 6.14. The Morgan fingerprint density at radius 1 is 1.45 bits per heavy atom. The number of aliphatic hydroxyl groups excluding tert-OH is 1. The first-order chi connectivity index (χ1) is 9.69. The van der Waals surface area contributed by atoms with Crippen molar-refractivity contribution in [1.82, 2.24) is 4.90 Å². The monoisotopic (exact) mass is 340 g/mol. The molecule has 0 spiro atoms. The van der Waals surface area contributed by atoms with Gasteiger partial charge in [0.1, 0.15) is 0 Å². The fraction of sp³-hybridized carbons (Fsp3) is 0.533. The molecule has 1 aliphatic heterocycles. The molecular weight excluding hydrogens is 320 g/mol. The van der Waals surface area contributed by atoms with Gasteiger partial charge in [-0.25, -0.2) is 0 Å². The number of halogens is 1. The van der Waals surface area contributed by atoms with Gasteiger partial charge >= 0.3 is 0 Å². The van der Waals surface area contributed by atoms with Crippen LogP contribution in [0.3, 0.4) is 0 Å². The molecule has 1 unspecified atom stereocenters. The Labute approximate surface area is 128 Å². The van der Waals surface area contributed by atoms with Crippen LogP contribution in [-0.2, 0) is 4.79 Å². The second-order valence-electron chi connectivity index (χ2n) is 5.28. The summed E-state index contributed by atoms with van der Waals surface area (Å²) in [6, 6.07) is 7.61. The van der Waals surface area contributed by atoms with Gasteiger partial charge in [-0.15, -0.1) is 0 Å². The predicted molar refractivity (Wildman–Crippen MR) is 83.6 cm³/mol. The topological polar surface area (TPSA) is 52.6 Å². The van der Waals surface area contributed by atoms with Crippen molar-refractivity contribution in [2.75, 3.05) is 31.6 Å². The zero-order valence-corrected chi connectivity index (χ0v) is 13.1. The number of anilines is 1. The van der Waals surface area contributed by atoms with Gasteiger partial charge in [0, 0.05) is 17.6 Å². The quantitative estimate of drug-likeness (QED) is 0.865. The molecule has 1 aliphatic rings. The molecule has 1 atom stereocenters. The highest BCUT2D eigenvalue weighted by molar-refractivity contribution is 9.10. The number of hydrogen-bond acceptors (Lipinski definition) is 3. The van der Waals surface area contributed by atoms with Gasteiger partial charge in [-0.05, 0) is 59.8 Å². The number of nitrogens with one attached hydrogen (secondary N) is 1. The van der Waals surface area contributed by atoms with Crippen LogP contribution in [0.25, 0.3) is 0 Å². The molecule has 4 nitrogen and oxygen atoms in total. The van der Waals surface area contributed by atoms with Gasteiger partial charge in [-0.1, -0.05) is 12.1 Å². The first kappa shape index (κ1) is 15.5. The van der Waals surface area contributed by atoms with Crippen molar-refractivity contribution < 1.29 is 9.90 Å². The lowest BCUT2D eigenvalue weighted by Gasteiger charge is -2.31. The molecule has 20 heavy (non-hydrogen) atoms. The van der Waals surface area contributed by atoms with E-state index in [0.717, 1.165) is 42.5 Å². The average molecular weight is 341 g/mol. The Kier molecular flexibility index (Phi) is 6.01. The Balaban J connectivity index is 1.84. The summed E-state index contributed by atoms with van der Waals surface area (Å²) in [6.45, 7) is 2.53. The summed E-state index contributed by atoms with van der Waals surface area (Å²) in [6.07, 6.45) is 3.10. The van der Waals surface area contributed by atoms with E-state index in [1.165, 1.54) is 0 Å². The zero-order valence-electron chi connectivity index (χ0n) is 11.5. The highest BCUT2D eigenvalue weighted by atomic mass is 79.9. The summed E-state index contributed by atoms with van der Waals surface area (Å²) in [5.74, 6) is 0.534. The molecule has 1 aromatic rings. The van der Waals surface area contributed by atoms with E-state index in [-0.39, 0.29) is 12.5 Å². The number of rotatable bonds is 5. The van der Waals surface area contributed by atoms with Gasteiger partial charge in [0.05, 0.1) is 12.2 Å². The number of carbonyl (C=O) groups is 1. The number of hydrogen-bond donors (Lipinski definition) is 2. The molecule has 1 heterocycles. The minimum Gasteiger partial charge on any atom is -0.396 e. The van der Waals surface area contributed by atoms with E-state index in [9.17, 15) is 4.79 Å². The van der Waals surface area contributed by atoms with Crippen molar-refractivity contribution in [3.63, 3.8) is 0 Å². The van der Waals surface area contributed by atoms with Crippen LogP contribution in [-0.4, -0.2) is 42.2 Å². The average Bonchev–Trinajstić information content (AvgIpc) is 2.42. The third kappa shape index (κ3) is 4.58. The summed E-state index contributed by atoms with van der Waals surface area (Å²) >= 11 is 3.42. The van der Waals surface area contributed by atoms with E-state index >= 15 is 0 Å². The number of amides is 1. The van der Waals surface area contributed by atoms with Crippen molar-refractivity contribution >= 4 is 27.5 Å². The van der Waals surface area contributed by atoms with Crippen LogP contribution in [0.2, 0.25) is 0 Å². The first-order valence-corrected chi connectivity index (χ1v) is 7.86. The van der Waals surface area contributed by atoms with E-state index in [1.54, 1.807) is 0 Å². The van der Waals surface area contributed by atoms with Crippen LogP contribution in [0.15, 0.2) is 28.7 Å². The third-order valence-corrected chi connectivity index (χ3v) is 4.35. The summed E-state index contributed by atoms with van der Waals surface area (Å²) < 4.78 is 0.894. The van der Waals surface area contributed by atoms with E-state index in [0.29, 0.717) is 12.5 Å². The van der Waals surface area contributed by atoms with E-state index in [4.69, 9.17) is 5.11 Å². The van der Waals surface area contributed by atoms with E-state index in [1.807, 2.05) is 24.3 Å². The maximum absolute atomic E-state index is 12.1. The molecule has 2 rings (SSSR count). The van der Waals surface area contributed by atoms with Crippen molar-refractivity contribution in [1.29, 1.82) is 0 Å². The highest BCUT2D eigenvalue weighted by Gasteiger charge is 2.21. The van der Waals surface area contributed by atoms with Crippen LogP contribution in [0, 0.1) is 5.92 Å². The van der Waals surface area contributed by atoms with Gasteiger partial charge in [0.25, 0.3) is 0 Å². The van der Waals surface area contributed by atoms with E-state index < -0.39 is 0 Å². The highest BCUT2D eigenvalue weighted by Crippen LogP contribution is 2.22. The summed E-state index contributed by atoms with van der Waals surface area (Å²) in [4.78, 5) is 14.3. The standard InChI is InChI=1S/C15H21BrN2O2/c16-13-5-1-2-6-14(13)17-15(20)11-18-8-3-4-12(10-18)7-9-19/h1-2,5-6,12,19H,3-4,7-11H2,(H,17,20). The molecule has 2 N–H and O–H groups in total. The number of carbonyl (C=O) groups excluding carboxylic acids is 1. The molecule has 0 saturated carbocycles. The number of likely N-dealkylation sites (tertiary alicyclic amines) is 1. The van der Waals surface area contributed by atoms with Crippen molar-refractivity contribution in [3.05, 3.63) is 28.7 Å². The second kappa shape index (κ2) is 7.76. The lowest BCUT2D eigenvalue weighted by atomic mass is 9.95. The van der Waals surface area contributed by atoms with Crippen LogP contribution < -0.4 is 5.32 Å². The van der Waals surface area contributed by atoms with Crippen LogP contribution >= 0.6 is 15.9 Å². The van der Waals surface area contributed by atoms with Crippen molar-refractivity contribution in [2.24, 2.45) is 5.92 Å². The molecule has 1 aromatic carbocycles. The lowest BCUT2D eigenvalue weighted by Crippen LogP contribution is -2.40. The van der Waals surface area contributed by atoms with Gasteiger partial charge in [0.2, 0.25) is 5.91 Å². The number of para-hydroxylation sites is 1. The summed E-state index contributed by atoms with van der Waals surface area (Å²) in [7, 11) is 0. The maximum atomic E-state index is 12.1. The maximum Gasteiger partial charge on any atom is 0.238 e. The minimum atomic E-state index is 0.0153. The molecule has 5 heteroatoms. The predicted octanol–water partition coefficient (Wildman–Crippen LogP) is 2.48. The summed E-state index contributed by atoms with van der Waals surface area (Å²) in [5, 5.41) is 11.9. The molecule has 0 radical (unpaired) electrons. The van der Waals surface area contributed by atoms with E-state index in [2.05, 4.69) is 26.1 Å². The number of nitrogens with zero attached hydrogens (tertiary/aromatic N) is 1. The van der Waals surface area contributed by atoms with Gasteiger partial charge in [0.15, 0.2) is 0 Å². The van der Waals surface area contributed by atoms with Gasteiger partial charge < -0.3 is 10.4 Å². The van der Waals surface area contributed by atoms with Crippen LogP contribution in [0.1, 0.15) is 19.3 Å². The fourth-order valence-electron chi connectivity index (χ4n) is 2.67. The molecule has 0 aromatic heterocycles. The Hall–Kier alpha value is -0.910. The van der Waals surface area contributed by atoms with Crippen molar-refractivity contribution in [2.45, 2.75) is 19.3 Å². The molecule has 0 aliphatic carbocycles. The number of piperidine rings is 1. The Morgan fingerprint density at radius 3 is 3.00 bits per heavy atom. The normalized spacial score (nSPS) is 19.8. The molecule has 110 valence electrons. The van der Waals surface area contributed by atoms with Crippen molar-refractivity contribution in [3.8, 4) is 0 Å². The molecule has 1 amide bonds. The summed E-state index contributed by atoms with van der Waals surface area (Å²) in [5.41, 5.74) is 0.807. The zero-order chi connectivity index (χ0) is 14.4. The SMILES string of the molecule is O=C(CN1CCCC(CCO)C1)Nc1ccccc1Br. The largest absolute Gasteiger partial charge is 0.396 e. The molecular formula is C15H21BrN2O2. The third-order valence-electron chi connectivity index (χ3n) is 3.66. The fourth-order valence-corrected chi connectivity index (χ4v) is 3.05. The molecule has 1 fully saturated rings. The number of aliphatic hydroxyl groups is 1. The Bertz CT molecular complexity index is 451. The molecule has 0 bridgehead atoms. The van der Waals surface area contributed by atoms with Gasteiger partial charge in [-0.2, -0.15) is 0 Å². The Morgan fingerprint density at radius 2 is 2.25 bits per heavy atom. The first-order valence-electron chi connectivity index (χ1n) is 7.06. The van der Waals surface area contributed by atoms with Gasteiger partial charge in [-0.3, -0.25) is 9.69 Å². The van der Waals surface area contributed by atoms with Crippen LogP contribution in [0.5, 0.6) is 0 Å². The minimum absolute atomic E-state index is 0.0153. The smallest absolute Gasteiger partial charge is 0.238 e. The van der Waals surface area contributed by atoms with Crippen LogP contribution in [0.4, 0.5) is 5.69 Å². The lowest BCUT2D eigenvalue weighted by molar-refractivity contribution is -0.117. The molecule has 1 saturated heterocycles. The number of benzene rings is 1.